The highest BCUT2D eigenvalue weighted by Gasteiger charge is 2.17. The first-order chi connectivity index (χ1) is 13.3. The average molecular weight is 381 g/mol. The minimum atomic E-state index is -0.461. The highest BCUT2D eigenvalue weighted by atomic mass is 32.1. The summed E-state index contributed by atoms with van der Waals surface area (Å²) in [5.74, 6) is 1.44. The molecule has 0 aliphatic carbocycles. The highest BCUT2D eigenvalue weighted by molar-refractivity contribution is 7.00. The lowest BCUT2D eigenvalue weighted by atomic mass is 10.1. The zero-order chi connectivity index (χ0) is 18.2. The Bertz CT molecular complexity index is 1150. The number of hydrogen-bond acceptors (Lipinski definition) is 9. The average Bonchev–Trinajstić information content (AvgIpc) is 3.44. The van der Waals surface area contributed by atoms with Crippen LogP contribution in [-0.4, -0.2) is 26.7 Å². The number of carbonyl (C=O) groups excluding carboxylic acids is 1. The van der Waals surface area contributed by atoms with E-state index in [1.54, 1.807) is 24.3 Å². The normalized spacial score (nSPS) is 12.4. The largest absolute Gasteiger partial charge is 0.455 e. The molecule has 1 aliphatic heterocycles. The van der Waals surface area contributed by atoms with Gasteiger partial charge in [-0.1, -0.05) is 5.16 Å². The molecule has 2 aromatic carbocycles. The third-order valence-corrected chi connectivity index (χ3v) is 4.61. The quantitative estimate of drug-likeness (QED) is 0.496. The van der Waals surface area contributed by atoms with Crippen LogP contribution in [0.3, 0.4) is 0 Å². The number of carbonyl (C=O) groups is 1. The molecule has 27 heavy (non-hydrogen) atoms. The maximum Gasteiger partial charge on any atom is 0.338 e. The number of aromatic nitrogens is 3. The first-order valence-electron chi connectivity index (χ1n) is 8.01. The van der Waals surface area contributed by atoms with Gasteiger partial charge in [-0.25, -0.2) is 4.79 Å². The predicted octanol–water partition coefficient (Wildman–Crippen LogP) is 3.43. The number of fused-ring (bicyclic) bond motifs is 2. The minimum absolute atomic E-state index is 0.000236. The van der Waals surface area contributed by atoms with Gasteiger partial charge in [0.2, 0.25) is 6.79 Å². The number of rotatable bonds is 4. The van der Waals surface area contributed by atoms with Crippen molar-refractivity contribution in [2.45, 2.75) is 6.61 Å². The second-order valence-electron chi connectivity index (χ2n) is 5.79. The molecule has 0 radical (unpaired) electrons. The van der Waals surface area contributed by atoms with E-state index in [4.69, 9.17) is 18.7 Å². The molecule has 0 spiro atoms. The van der Waals surface area contributed by atoms with Gasteiger partial charge in [-0.15, -0.1) is 0 Å². The predicted molar refractivity (Wildman–Crippen MR) is 94.6 cm³/mol. The molecule has 0 N–H and O–H groups in total. The van der Waals surface area contributed by atoms with Gasteiger partial charge in [-0.3, -0.25) is 0 Å². The Balaban J connectivity index is 1.28. The van der Waals surface area contributed by atoms with E-state index in [0.29, 0.717) is 34.0 Å². The molecular weight excluding hydrogens is 370 g/mol. The van der Waals surface area contributed by atoms with Gasteiger partial charge in [0.1, 0.15) is 23.3 Å². The minimum Gasteiger partial charge on any atom is -0.455 e. The number of nitrogens with zero attached hydrogens (tertiary/aromatic N) is 3. The summed E-state index contributed by atoms with van der Waals surface area (Å²) in [6.07, 6.45) is 0. The number of esters is 1. The van der Waals surface area contributed by atoms with Crippen LogP contribution in [0.2, 0.25) is 0 Å². The Morgan fingerprint density at radius 3 is 2.89 bits per heavy atom. The first-order valence-corrected chi connectivity index (χ1v) is 8.74. The Morgan fingerprint density at radius 1 is 1.04 bits per heavy atom. The van der Waals surface area contributed by atoms with Crippen LogP contribution in [0.25, 0.3) is 22.4 Å². The molecule has 0 unspecified atom stereocenters. The van der Waals surface area contributed by atoms with Gasteiger partial charge in [-0.05, 0) is 36.4 Å². The van der Waals surface area contributed by atoms with Crippen molar-refractivity contribution in [2.24, 2.45) is 0 Å². The summed E-state index contributed by atoms with van der Waals surface area (Å²) >= 11 is 1.10. The van der Waals surface area contributed by atoms with Gasteiger partial charge in [0, 0.05) is 11.6 Å². The lowest BCUT2D eigenvalue weighted by molar-refractivity contribution is 0.0464. The van der Waals surface area contributed by atoms with Crippen molar-refractivity contribution in [3.8, 4) is 22.8 Å². The molecule has 134 valence electrons. The molecule has 0 amide bonds. The van der Waals surface area contributed by atoms with E-state index in [-0.39, 0.29) is 13.4 Å². The topological polar surface area (TPSA) is 96.6 Å². The number of ether oxygens (including phenoxy) is 3. The van der Waals surface area contributed by atoms with Crippen molar-refractivity contribution in [3.63, 3.8) is 0 Å². The van der Waals surface area contributed by atoms with Crippen molar-refractivity contribution >= 4 is 28.7 Å². The van der Waals surface area contributed by atoms with E-state index in [1.165, 1.54) is 0 Å². The van der Waals surface area contributed by atoms with E-state index in [1.807, 2.05) is 18.2 Å². The molecule has 3 heterocycles. The fraction of sp³-hybridized carbons (Fsp3) is 0.111. The number of hydrogen-bond donors (Lipinski definition) is 0. The second-order valence-corrected chi connectivity index (χ2v) is 6.32. The summed E-state index contributed by atoms with van der Waals surface area (Å²) in [4.78, 5) is 12.2. The highest BCUT2D eigenvalue weighted by Crippen LogP contribution is 2.36. The van der Waals surface area contributed by atoms with Gasteiger partial charge in [0.15, 0.2) is 17.3 Å². The van der Waals surface area contributed by atoms with Crippen LogP contribution in [0, 0.1) is 0 Å². The summed E-state index contributed by atoms with van der Waals surface area (Å²) in [6.45, 7) is 0.208. The third-order valence-electron chi connectivity index (χ3n) is 4.06. The van der Waals surface area contributed by atoms with Crippen molar-refractivity contribution in [1.82, 2.24) is 13.9 Å². The summed E-state index contributed by atoms with van der Waals surface area (Å²) in [6, 6.07) is 12.2. The van der Waals surface area contributed by atoms with Gasteiger partial charge in [0.05, 0.1) is 17.3 Å². The van der Waals surface area contributed by atoms with Crippen molar-refractivity contribution in [1.29, 1.82) is 0 Å². The second kappa shape index (κ2) is 6.36. The van der Waals surface area contributed by atoms with Crippen LogP contribution >= 0.6 is 11.7 Å². The van der Waals surface area contributed by atoms with Crippen LogP contribution in [0.5, 0.6) is 11.5 Å². The zero-order valence-electron chi connectivity index (χ0n) is 13.7. The summed E-state index contributed by atoms with van der Waals surface area (Å²) in [7, 11) is 0. The lowest BCUT2D eigenvalue weighted by Gasteiger charge is -2.02. The van der Waals surface area contributed by atoms with E-state index in [0.717, 1.165) is 22.8 Å². The summed E-state index contributed by atoms with van der Waals surface area (Å²) in [5.41, 5.74) is 3.13. The molecule has 8 nitrogen and oxygen atoms in total. The Hall–Kier alpha value is -3.46. The number of benzene rings is 2. The summed E-state index contributed by atoms with van der Waals surface area (Å²) in [5, 5.41) is 3.95. The molecule has 1 aliphatic rings. The fourth-order valence-electron chi connectivity index (χ4n) is 2.70. The Morgan fingerprint density at radius 2 is 1.93 bits per heavy atom. The van der Waals surface area contributed by atoms with E-state index in [9.17, 15) is 4.79 Å². The van der Waals surface area contributed by atoms with Gasteiger partial charge in [0.25, 0.3) is 0 Å². The van der Waals surface area contributed by atoms with Crippen LogP contribution in [0.1, 0.15) is 16.1 Å². The maximum absolute atomic E-state index is 12.2. The van der Waals surface area contributed by atoms with Crippen LogP contribution in [0.15, 0.2) is 47.0 Å². The standard InChI is InChI=1S/C18H11N3O5S/c22-18(11-1-3-13-14(5-11)21-27-20-13)23-8-12-7-16(26-19-12)10-2-4-15-17(6-10)25-9-24-15/h1-7H,8-9H2. The monoisotopic (exact) mass is 381 g/mol. The first kappa shape index (κ1) is 15.8. The molecule has 4 aromatic rings. The molecule has 5 rings (SSSR count). The Kier molecular flexibility index (Phi) is 3.72. The smallest absolute Gasteiger partial charge is 0.338 e. The van der Waals surface area contributed by atoms with Crippen LogP contribution < -0.4 is 9.47 Å². The molecule has 0 fully saturated rings. The molecular formula is C18H11N3O5S. The molecule has 0 saturated carbocycles. The molecule has 0 bridgehead atoms. The van der Waals surface area contributed by atoms with Crippen molar-refractivity contribution in [3.05, 3.63) is 53.7 Å². The third kappa shape index (κ3) is 2.97. The van der Waals surface area contributed by atoms with Gasteiger partial charge < -0.3 is 18.7 Å². The van der Waals surface area contributed by atoms with E-state index < -0.39 is 5.97 Å². The van der Waals surface area contributed by atoms with Gasteiger partial charge in [-0.2, -0.15) is 8.75 Å². The maximum atomic E-state index is 12.2. The summed E-state index contributed by atoms with van der Waals surface area (Å²) < 4.78 is 29.5. The van der Waals surface area contributed by atoms with Crippen molar-refractivity contribution < 1.29 is 23.5 Å². The zero-order valence-corrected chi connectivity index (χ0v) is 14.6. The van der Waals surface area contributed by atoms with Crippen LogP contribution in [-0.2, 0) is 11.3 Å². The van der Waals surface area contributed by atoms with E-state index >= 15 is 0 Å². The van der Waals surface area contributed by atoms with Crippen LogP contribution in [0.4, 0.5) is 0 Å². The van der Waals surface area contributed by atoms with E-state index in [2.05, 4.69) is 13.9 Å². The molecule has 2 aromatic heterocycles. The van der Waals surface area contributed by atoms with Crippen molar-refractivity contribution in [2.75, 3.05) is 6.79 Å². The van der Waals surface area contributed by atoms with Gasteiger partial charge >= 0.3 is 5.97 Å². The lowest BCUT2D eigenvalue weighted by Crippen LogP contribution is -2.05. The molecule has 9 heteroatoms. The SMILES string of the molecule is O=C(OCc1cc(-c2ccc3c(c2)OCO3)on1)c1ccc2nsnc2c1. The Labute approximate surface area is 156 Å². The fourth-order valence-corrected chi connectivity index (χ4v) is 3.21. The molecule has 0 saturated heterocycles. The molecule has 0 atom stereocenters.